The second-order valence-electron chi connectivity index (χ2n) is 3.79. The van der Waals surface area contributed by atoms with E-state index in [4.69, 9.17) is 10.7 Å². The number of aromatic nitrogens is 1. The monoisotopic (exact) mass is 334 g/mol. The van der Waals surface area contributed by atoms with E-state index in [-0.39, 0.29) is 16.3 Å². The van der Waals surface area contributed by atoms with E-state index in [1.807, 2.05) is 0 Å². The third-order valence-electron chi connectivity index (χ3n) is 2.32. The van der Waals surface area contributed by atoms with Crippen molar-refractivity contribution in [3.05, 3.63) is 40.1 Å². The lowest BCUT2D eigenvalue weighted by Crippen LogP contribution is -2.13. The van der Waals surface area contributed by atoms with Gasteiger partial charge in [-0.05, 0) is 25.1 Å². The highest BCUT2D eigenvalue weighted by atomic mass is 35.7. The molecule has 0 radical (unpaired) electrons. The molecule has 1 heterocycles. The molecule has 0 saturated carbocycles. The van der Waals surface area contributed by atoms with Gasteiger partial charge in [0.25, 0.3) is 15.0 Å². The van der Waals surface area contributed by atoms with Gasteiger partial charge in [-0.25, -0.2) is 17.8 Å². The zero-order valence-electron chi connectivity index (χ0n) is 10.1. The Morgan fingerprint density at radius 2 is 2.15 bits per heavy atom. The van der Waals surface area contributed by atoms with Gasteiger partial charge in [-0.1, -0.05) is 0 Å². The number of carbonyl (C=O) groups is 1. The Kier molecular flexibility index (Phi) is 4.07. The van der Waals surface area contributed by atoms with E-state index in [0.717, 1.165) is 18.2 Å². The predicted molar refractivity (Wildman–Crippen MR) is 74.2 cm³/mol. The van der Waals surface area contributed by atoms with E-state index in [0.29, 0.717) is 5.01 Å². The Hall–Kier alpha value is -1.51. The molecule has 1 aromatic heterocycles. The van der Waals surface area contributed by atoms with E-state index < -0.39 is 20.8 Å². The van der Waals surface area contributed by atoms with Gasteiger partial charge in [-0.15, -0.1) is 11.3 Å². The molecule has 0 saturated heterocycles. The van der Waals surface area contributed by atoms with Crippen molar-refractivity contribution in [2.45, 2.75) is 11.8 Å². The molecule has 1 aromatic carbocycles. The van der Waals surface area contributed by atoms with Crippen LogP contribution in [0.4, 0.5) is 10.1 Å². The highest BCUT2D eigenvalue weighted by molar-refractivity contribution is 8.13. The highest BCUT2D eigenvalue weighted by Crippen LogP contribution is 2.22. The van der Waals surface area contributed by atoms with Gasteiger partial charge < -0.3 is 5.32 Å². The molecule has 1 amide bonds. The molecule has 0 bridgehead atoms. The van der Waals surface area contributed by atoms with Crippen LogP contribution in [0.25, 0.3) is 0 Å². The van der Waals surface area contributed by atoms with Gasteiger partial charge in [0.15, 0.2) is 0 Å². The minimum absolute atomic E-state index is 0.148. The molecule has 0 atom stereocenters. The fraction of sp³-hybridized carbons (Fsp3) is 0.0909. The number of hydrogen-bond acceptors (Lipinski definition) is 5. The zero-order chi connectivity index (χ0) is 14.9. The molecule has 9 heteroatoms. The fourth-order valence-electron chi connectivity index (χ4n) is 1.40. The lowest BCUT2D eigenvalue weighted by molar-refractivity contribution is 0.102. The standard InChI is InChI=1S/C11H8ClFN2O3S2/c1-6-14-10(5-19-6)11(16)15-9-3-2-7(4-8(9)13)20(12,17)18/h2-5H,1H3,(H,15,16). The van der Waals surface area contributed by atoms with Gasteiger partial charge in [0, 0.05) is 16.1 Å². The molecule has 0 fully saturated rings. The van der Waals surface area contributed by atoms with Crippen LogP contribution in [0.2, 0.25) is 0 Å². The second kappa shape index (κ2) is 5.47. The van der Waals surface area contributed by atoms with Crippen LogP contribution < -0.4 is 5.32 Å². The third-order valence-corrected chi connectivity index (χ3v) is 4.45. The number of nitrogens with zero attached hydrogens (tertiary/aromatic N) is 1. The minimum Gasteiger partial charge on any atom is -0.318 e. The molecule has 2 rings (SSSR count). The van der Waals surface area contributed by atoms with E-state index >= 15 is 0 Å². The smallest absolute Gasteiger partial charge is 0.275 e. The summed E-state index contributed by atoms with van der Waals surface area (Å²) in [7, 11) is 1.09. The largest absolute Gasteiger partial charge is 0.318 e. The average Bonchev–Trinajstić information content (AvgIpc) is 2.77. The lowest BCUT2D eigenvalue weighted by Gasteiger charge is -2.05. The Morgan fingerprint density at radius 3 is 2.65 bits per heavy atom. The number of rotatable bonds is 3. The van der Waals surface area contributed by atoms with Gasteiger partial charge in [0.2, 0.25) is 0 Å². The molecule has 2 aromatic rings. The Labute approximate surface area is 122 Å². The predicted octanol–water partition coefficient (Wildman–Crippen LogP) is 2.77. The number of hydrogen-bond donors (Lipinski definition) is 1. The van der Waals surface area contributed by atoms with Crippen LogP contribution in [0.15, 0.2) is 28.5 Å². The fourth-order valence-corrected chi connectivity index (χ4v) is 2.76. The van der Waals surface area contributed by atoms with Crippen molar-refractivity contribution in [2.75, 3.05) is 5.32 Å². The first-order valence-electron chi connectivity index (χ1n) is 5.25. The molecule has 0 aliphatic heterocycles. The molecule has 0 aliphatic rings. The lowest BCUT2D eigenvalue weighted by atomic mass is 10.3. The summed E-state index contributed by atoms with van der Waals surface area (Å²) in [5, 5.41) is 4.56. The van der Waals surface area contributed by atoms with Gasteiger partial charge in [0.1, 0.15) is 11.5 Å². The van der Waals surface area contributed by atoms with Crippen molar-refractivity contribution in [3.8, 4) is 0 Å². The van der Waals surface area contributed by atoms with Crippen molar-refractivity contribution < 1.29 is 17.6 Å². The van der Waals surface area contributed by atoms with Crippen molar-refractivity contribution in [3.63, 3.8) is 0 Å². The Bertz CT molecular complexity index is 774. The van der Waals surface area contributed by atoms with Gasteiger partial charge in [-0.3, -0.25) is 4.79 Å². The van der Waals surface area contributed by atoms with Crippen LogP contribution in [0.5, 0.6) is 0 Å². The summed E-state index contributed by atoms with van der Waals surface area (Å²) in [5.41, 5.74) is 0.0191. The number of aryl methyl sites for hydroxylation is 1. The van der Waals surface area contributed by atoms with Crippen LogP contribution in [-0.2, 0) is 9.05 Å². The molecule has 106 valence electrons. The number of carbonyl (C=O) groups excluding carboxylic acids is 1. The summed E-state index contributed by atoms with van der Waals surface area (Å²) in [4.78, 5) is 15.4. The maximum Gasteiger partial charge on any atom is 0.275 e. The highest BCUT2D eigenvalue weighted by Gasteiger charge is 2.16. The van der Waals surface area contributed by atoms with Crippen LogP contribution in [-0.4, -0.2) is 19.3 Å². The molecule has 20 heavy (non-hydrogen) atoms. The molecule has 5 nitrogen and oxygen atoms in total. The summed E-state index contributed by atoms with van der Waals surface area (Å²) >= 11 is 1.29. The summed E-state index contributed by atoms with van der Waals surface area (Å²) in [6.45, 7) is 1.74. The molecular weight excluding hydrogens is 327 g/mol. The quantitative estimate of drug-likeness (QED) is 0.876. The number of amides is 1. The van der Waals surface area contributed by atoms with Crippen LogP contribution in [0.1, 0.15) is 15.5 Å². The molecule has 0 unspecified atom stereocenters. The van der Waals surface area contributed by atoms with Crippen molar-refractivity contribution >= 4 is 42.7 Å². The SMILES string of the molecule is Cc1nc(C(=O)Nc2ccc(S(=O)(=O)Cl)cc2F)cs1. The van der Waals surface area contributed by atoms with E-state index in [9.17, 15) is 17.6 Å². The first kappa shape index (κ1) is 14.9. The Morgan fingerprint density at radius 1 is 1.45 bits per heavy atom. The number of thiazole rings is 1. The molecular formula is C11H8ClFN2O3S2. The van der Waals surface area contributed by atoms with E-state index in [2.05, 4.69) is 10.3 Å². The number of halogens is 2. The topological polar surface area (TPSA) is 76.1 Å². The molecule has 0 spiro atoms. The molecule has 1 N–H and O–H groups in total. The summed E-state index contributed by atoms with van der Waals surface area (Å²) < 4.78 is 35.8. The maximum atomic E-state index is 13.7. The summed E-state index contributed by atoms with van der Waals surface area (Å²) in [6, 6.07) is 2.97. The maximum absolute atomic E-state index is 13.7. The van der Waals surface area contributed by atoms with Crippen molar-refractivity contribution in [1.82, 2.24) is 4.98 Å². The Balaban J connectivity index is 2.25. The summed E-state index contributed by atoms with van der Waals surface area (Å²) in [6.07, 6.45) is 0. The van der Waals surface area contributed by atoms with Gasteiger partial charge in [-0.2, -0.15) is 0 Å². The third kappa shape index (κ3) is 3.33. The van der Waals surface area contributed by atoms with E-state index in [1.54, 1.807) is 12.3 Å². The first-order valence-corrected chi connectivity index (χ1v) is 8.44. The number of benzene rings is 1. The van der Waals surface area contributed by atoms with Gasteiger partial charge in [0.05, 0.1) is 15.6 Å². The minimum atomic E-state index is -4.01. The van der Waals surface area contributed by atoms with Crippen LogP contribution in [0, 0.1) is 12.7 Å². The first-order chi connectivity index (χ1) is 9.27. The molecule has 0 aliphatic carbocycles. The number of anilines is 1. The van der Waals surface area contributed by atoms with Crippen LogP contribution in [0.3, 0.4) is 0 Å². The second-order valence-corrected chi connectivity index (χ2v) is 7.41. The zero-order valence-corrected chi connectivity index (χ0v) is 12.4. The van der Waals surface area contributed by atoms with Crippen LogP contribution >= 0.6 is 22.0 Å². The van der Waals surface area contributed by atoms with Gasteiger partial charge >= 0.3 is 0 Å². The van der Waals surface area contributed by atoms with E-state index in [1.165, 1.54) is 11.3 Å². The average molecular weight is 335 g/mol. The van der Waals surface area contributed by atoms with Crippen molar-refractivity contribution in [1.29, 1.82) is 0 Å². The number of nitrogens with one attached hydrogen (secondary N) is 1. The van der Waals surface area contributed by atoms with Crippen molar-refractivity contribution in [2.24, 2.45) is 0 Å². The normalized spacial score (nSPS) is 11.3. The summed E-state index contributed by atoms with van der Waals surface area (Å²) in [5.74, 6) is -1.47.